The van der Waals surface area contributed by atoms with E-state index in [-0.39, 0.29) is 24.2 Å². The van der Waals surface area contributed by atoms with Crippen molar-refractivity contribution in [2.75, 3.05) is 13.1 Å². The number of carbonyl (C=O) groups is 1. The summed E-state index contributed by atoms with van der Waals surface area (Å²) in [6.07, 6.45) is 0. The Hall–Kier alpha value is -0.290. The maximum absolute atomic E-state index is 11.7. The Morgan fingerprint density at radius 3 is 2.76 bits per heavy atom. The standard InChI is InChI=1S/C11H14BrClN2O.ClH/c1-7(5-14)6-15-11(16)9-3-2-8(12)4-10(9)13;/h2-4,7H,5-6,14H2,1H3,(H,15,16);1H. The highest BCUT2D eigenvalue weighted by molar-refractivity contribution is 9.10. The quantitative estimate of drug-likeness (QED) is 0.884. The van der Waals surface area contributed by atoms with Gasteiger partial charge in [0, 0.05) is 11.0 Å². The molecular formula is C11H15BrCl2N2O. The number of amides is 1. The van der Waals surface area contributed by atoms with E-state index >= 15 is 0 Å². The van der Waals surface area contributed by atoms with E-state index in [1.54, 1.807) is 18.2 Å². The molecule has 96 valence electrons. The van der Waals surface area contributed by atoms with Crippen molar-refractivity contribution in [2.45, 2.75) is 6.92 Å². The number of rotatable bonds is 4. The molecule has 1 amide bonds. The second-order valence-electron chi connectivity index (χ2n) is 3.68. The Morgan fingerprint density at radius 2 is 2.24 bits per heavy atom. The summed E-state index contributed by atoms with van der Waals surface area (Å²) in [5.41, 5.74) is 5.94. The van der Waals surface area contributed by atoms with Gasteiger partial charge >= 0.3 is 0 Å². The summed E-state index contributed by atoms with van der Waals surface area (Å²) in [5.74, 6) is 0.0935. The summed E-state index contributed by atoms with van der Waals surface area (Å²) in [6.45, 7) is 3.08. The number of carbonyl (C=O) groups excluding carboxylic acids is 1. The molecule has 0 aromatic heterocycles. The normalized spacial score (nSPS) is 11.5. The molecule has 1 aromatic carbocycles. The summed E-state index contributed by atoms with van der Waals surface area (Å²) in [6, 6.07) is 5.17. The van der Waals surface area contributed by atoms with E-state index < -0.39 is 0 Å². The number of hydrogen-bond donors (Lipinski definition) is 2. The minimum absolute atomic E-state index is 0. The van der Waals surface area contributed by atoms with Gasteiger partial charge in [0.25, 0.3) is 5.91 Å². The van der Waals surface area contributed by atoms with Gasteiger partial charge in [-0.2, -0.15) is 0 Å². The highest BCUT2D eigenvalue weighted by Crippen LogP contribution is 2.21. The molecule has 0 aliphatic heterocycles. The molecule has 0 spiro atoms. The largest absolute Gasteiger partial charge is 0.352 e. The Labute approximate surface area is 121 Å². The summed E-state index contributed by atoms with van der Waals surface area (Å²) >= 11 is 9.24. The number of nitrogens with one attached hydrogen (secondary N) is 1. The van der Waals surface area contributed by atoms with Crippen LogP contribution in [0.3, 0.4) is 0 Å². The summed E-state index contributed by atoms with van der Waals surface area (Å²) < 4.78 is 0.851. The first-order chi connectivity index (χ1) is 7.54. The van der Waals surface area contributed by atoms with E-state index in [9.17, 15) is 4.79 Å². The molecule has 0 saturated carbocycles. The van der Waals surface area contributed by atoms with Crippen molar-refractivity contribution in [3.63, 3.8) is 0 Å². The third-order valence-corrected chi connectivity index (χ3v) is 3.00. The van der Waals surface area contributed by atoms with Crippen LogP contribution in [0.25, 0.3) is 0 Å². The van der Waals surface area contributed by atoms with Crippen LogP contribution in [-0.4, -0.2) is 19.0 Å². The zero-order valence-corrected chi connectivity index (χ0v) is 12.5. The maximum atomic E-state index is 11.7. The predicted molar refractivity (Wildman–Crippen MR) is 77.0 cm³/mol. The number of nitrogens with two attached hydrogens (primary N) is 1. The zero-order valence-electron chi connectivity index (χ0n) is 9.37. The molecule has 0 heterocycles. The molecule has 3 N–H and O–H groups in total. The molecule has 0 radical (unpaired) electrons. The Morgan fingerprint density at radius 1 is 1.59 bits per heavy atom. The molecule has 1 unspecified atom stereocenters. The first-order valence-electron chi connectivity index (χ1n) is 4.98. The summed E-state index contributed by atoms with van der Waals surface area (Å²) in [5, 5.41) is 3.23. The van der Waals surface area contributed by atoms with Crippen LogP contribution < -0.4 is 11.1 Å². The lowest BCUT2D eigenvalue weighted by molar-refractivity contribution is 0.0948. The van der Waals surface area contributed by atoms with Gasteiger partial charge in [-0.05, 0) is 30.7 Å². The molecule has 0 aliphatic carbocycles. The Balaban J connectivity index is 0.00000256. The van der Waals surface area contributed by atoms with Gasteiger partial charge in [-0.3, -0.25) is 4.79 Å². The highest BCUT2D eigenvalue weighted by Gasteiger charge is 2.10. The first-order valence-corrected chi connectivity index (χ1v) is 6.15. The molecule has 17 heavy (non-hydrogen) atoms. The monoisotopic (exact) mass is 340 g/mol. The third-order valence-electron chi connectivity index (χ3n) is 2.19. The Bertz CT molecular complexity index is 388. The lowest BCUT2D eigenvalue weighted by Crippen LogP contribution is -2.31. The lowest BCUT2D eigenvalue weighted by atomic mass is 10.1. The van der Waals surface area contributed by atoms with Crippen molar-refractivity contribution in [1.29, 1.82) is 0 Å². The van der Waals surface area contributed by atoms with Crippen molar-refractivity contribution < 1.29 is 4.79 Å². The lowest BCUT2D eigenvalue weighted by Gasteiger charge is -2.10. The average molecular weight is 342 g/mol. The van der Waals surface area contributed by atoms with E-state index in [2.05, 4.69) is 21.2 Å². The fraction of sp³-hybridized carbons (Fsp3) is 0.364. The minimum atomic E-state index is -0.169. The van der Waals surface area contributed by atoms with Crippen LogP contribution in [0.4, 0.5) is 0 Å². The van der Waals surface area contributed by atoms with Crippen molar-refractivity contribution in [3.05, 3.63) is 33.3 Å². The number of hydrogen-bond acceptors (Lipinski definition) is 2. The SMILES string of the molecule is CC(CN)CNC(=O)c1ccc(Br)cc1Cl.Cl. The summed E-state index contributed by atoms with van der Waals surface area (Å²) in [7, 11) is 0. The predicted octanol–water partition coefficient (Wildman–Crippen LogP) is 2.85. The molecule has 6 heteroatoms. The topological polar surface area (TPSA) is 55.1 Å². The second-order valence-corrected chi connectivity index (χ2v) is 5.00. The smallest absolute Gasteiger partial charge is 0.252 e. The van der Waals surface area contributed by atoms with E-state index in [1.807, 2.05) is 6.92 Å². The van der Waals surface area contributed by atoms with Crippen molar-refractivity contribution in [2.24, 2.45) is 11.7 Å². The van der Waals surface area contributed by atoms with Gasteiger partial charge in [0.15, 0.2) is 0 Å². The van der Waals surface area contributed by atoms with Crippen LogP contribution in [0.15, 0.2) is 22.7 Å². The molecule has 0 fully saturated rings. The molecular weight excluding hydrogens is 327 g/mol. The van der Waals surface area contributed by atoms with Crippen molar-refractivity contribution >= 4 is 45.8 Å². The van der Waals surface area contributed by atoms with Crippen LogP contribution in [0.5, 0.6) is 0 Å². The molecule has 0 saturated heterocycles. The number of halogens is 3. The average Bonchev–Trinajstić information content (AvgIpc) is 2.25. The van der Waals surface area contributed by atoms with Crippen LogP contribution in [0.2, 0.25) is 5.02 Å². The van der Waals surface area contributed by atoms with E-state index in [1.165, 1.54) is 0 Å². The molecule has 3 nitrogen and oxygen atoms in total. The van der Waals surface area contributed by atoms with E-state index in [4.69, 9.17) is 17.3 Å². The minimum Gasteiger partial charge on any atom is -0.352 e. The van der Waals surface area contributed by atoms with Crippen LogP contribution in [-0.2, 0) is 0 Å². The van der Waals surface area contributed by atoms with Gasteiger partial charge < -0.3 is 11.1 Å². The molecule has 1 atom stereocenters. The maximum Gasteiger partial charge on any atom is 0.252 e. The molecule has 1 aromatic rings. The molecule has 1 rings (SSSR count). The van der Waals surface area contributed by atoms with E-state index in [0.717, 1.165) is 4.47 Å². The molecule has 0 aliphatic rings. The fourth-order valence-corrected chi connectivity index (χ4v) is 1.88. The van der Waals surface area contributed by atoms with Gasteiger partial charge in [-0.15, -0.1) is 12.4 Å². The fourth-order valence-electron chi connectivity index (χ4n) is 1.12. The van der Waals surface area contributed by atoms with Crippen LogP contribution >= 0.6 is 39.9 Å². The second kappa shape index (κ2) is 7.93. The van der Waals surface area contributed by atoms with Gasteiger partial charge in [0.2, 0.25) is 0 Å². The highest BCUT2D eigenvalue weighted by atomic mass is 79.9. The van der Waals surface area contributed by atoms with Crippen LogP contribution in [0.1, 0.15) is 17.3 Å². The van der Waals surface area contributed by atoms with Crippen LogP contribution in [0, 0.1) is 5.92 Å². The van der Waals surface area contributed by atoms with Gasteiger partial charge in [0.05, 0.1) is 10.6 Å². The van der Waals surface area contributed by atoms with Crippen molar-refractivity contribution in [1.82, 2.24) is 5.32 Å². The van der Waals surface area contributed by atoms with E-state index in [0.29, 0.717) is 23.7 Å². The summed E-state index contributed by atoms with van der Waals surface area (Å²) in [4.78, 5) is 11.7. The van der Waals surface area contributed by atoms with Gasteiger partial charge in [0.1, 0.15) is 0 Å². The number of benzene rings is 1. The third kappa shape index (κ3) is 5.25. The van der Waals surface area contributed by atoms with Gasteiger partial charge in [-0.25, -0.2) is 0 Å². The van der Waals surface area contributed by atoms with Crippen molar-refractivity contribution in [3.8, 4) is 0 Å². The van der Waals surface area contributed by atoms with Gasteiger partial charge in [-0.1, -0.05) is 34.5 Å². The first kappa shape index (κ1) is 16.7. The Kier molecular flexibility index (Phi) is 7.79. The molecule has 0 bridgehead atoms. The zero-order chi connectivity index (χ0) is 12.1.